The molecule has 0 aromatic heterocycles. The zero-order chi connectivity index (χ0) is 17.6. The van der Waals surface area contributed by atoms with Gasteiger partial charge in [-0.05, 0) is 12.1 Å². The molecular formula is C16H23N3O3Si. The minimum atomic E-state index is -1.59. The molecule has 0 unspecified atom stereocenters. The summed E-state index contributed by atoms with van der Waals surface area (Å²) < 4.78 is 10.1. The largest absolute Gasteiger partial charge is 0.494 e. The van der Waals surface area contributed by atoms with Crippen molar-refractivity contribution in [3.63, 3.8) is 0 Å². The van der Waals surface area contributed by atoms with Crippen LogP contribution in [-0.2, 0) is 4.74 Å². The maximum Gasteiger partial charge on any atom is 0.338 e. The maximum atomic E-state index is 11.8. The smallest absolute Gasteiger partial charge is 0.338 e. The molecule has 0 aliphatic carbocycles. The summed E-state index contributed by atoms with van der Waals surface area (Å²) in [6.45, 7) is 6.42. The lowest BCUT2D eigenvalue weighted by Gasteiger charge is -2.10. The average Bonchev–Trinajstić information content (AvgIpc) is 2.48. The highest BCUT2D eigenvalue weighted by Gasteiger charge is 2.16. The number of hydrogen-bond donors (Lipinski definition) is 0. The third kappa shape index (κ3) is 5.75. The number of ether oxygens (including phenoxy) is 2. The fraction of sp³-hybridized carbons (Fsp3) is 0.438. The highest BCUT2D eigenvalue weighted by atomic mass is 28.3. The Bertz CT molecular complexity index is 668. The molecule has 7 heteroatoms. The number of esters is 1. The minimum Gasteiger partial charge on any atom is -0.494 e. The van der Waals surface area contributed by atoms with Crippen LogP contribution in [0, 0.1) is 11.5 Å². The fourth-order valence-corrected chi connectivity index (χ4v) is 2.10. The summed E-state index contributed by atoms with van der Waals surface area (Å²) in [5.41, 5.74) is 4.73. The van der Waals surface area contributed by atoms with Crippen LogP contribution >= 0.6 is 0 Å². The van der Waals surface area contributed by atoms with Crippen LogP contribution in [0.5, 0.6) is 5.75 Å². The molecule has 1 aromatic carbocycles. The Morgan fingerprint density at radius 2 is 1.87 bits per heavy atom. The Balaban J connectivity index is 3.56. The molecule has 0 spiro atoms. The zero-order valence-corrected chi connectivity index (χ0v) is 15.7. The van der Waals surface area contributed by atoms with E-state index >= 15 is 0 Å². The molecule has 0 aliphatic heterocycles. The first-order valence-corrected chi connectivity index (χ1v) is 10.6. The van der Waals surface area contributed by atoms with Crippen LogP contribution in [0.4, 0.5) is 5.69 Å². The highest BCUT2D eigenvalue weighted by Crippen LogP contribution is 2.33. The lowest BCUT2D eigenvalue weighted by Crippen LogP contribution is -2.16. The number of benzene rings is 1. The van der Waals surface area contributed by atoms with E-state index < -0.39 is 14.0 Å². The standard InChI is InChI=1S/C16H23N3O3Si/c1-19(2)18-17-15-12(8-9-23(5,6)7)10-13(16(20)22-4)11-14(15)21-3/h10-11H,1-7H3. The summed E-state index contributed by atoms with van der Waals surface area (Å²) in [5.74, 6) is 3.10. The average molecular weight is 333 g/mol. The summed E-state index contributed by atoms with van der Waals surface area (Å²) >= 11 is 0. The fourth-order valence-electron chi connectivity index (χ4n) is 1.59. The quantitative estimate of drug-likeness (QED) is 0.279. The third-order valence-corrected chi connectivity index (χ3v) is 3.49. The molecule has 0 radical (unpaired) electrons. The molecule has 0 atom stereocenters. The van der Waals surface area contributed by atoms with E-state index in [-0.39, 0.29) is 0 Å². The molecular weight excluding hydrogens is 310 g/mol. The maximum absolute atomic E-state index is 11.8. The van der Waals surface area contributed by atoms with Crippen LogP contribution in [0.1, 0.15) is 15.9 Å². The number of rotatable bonds is 4. The topological polar surface area (TPSA) is 63.5 Å². The van der Waals surface area contributed by atoms with Gasteiger partial charge in [-0.3, -0.25) is 5.01 Å². The molecule has 1 aromatic rings. The van der Waals surface area contributed by atoms with Crippen LogP contribution in [-0.4, -0.2) is 47.4 Å². The molecule has 23 heavy (non-hydrogen) atoms. The predicted molar refractivity (Wildman–Crippen MR) is 92.8 cm³/mol. The van der Waals surface area contributed by atoms with E-state index in [1.165, 1.54) is 14.2 Å². The first-order valence-electron chi connectivity index (χ1n) is 7.10. The Hall–Kier alpha value is -2.33. The van der Waals surface area contributed by atoms with Gasteiger partial charge in [-0.2, -0.15) is 0 Å². The van der Waals surface area contributed by atoms with Crippen molar-refractivity contribution in [3.8, 4) is 17.2 Å². The zero-order valence-electron chi connectivity index (χ0n) is 14.7. The van der Waals surface area contributed by atoms with Crippen LogP contribution in [0.3, 0.4) is 0 Å². The summed E-state index contributed by atoms with van der Waals surface area (Å²) in [6, 6.07) is 3.24. The molecule has 0 aliphatic rings. The summed E-state index contributed by atoms with van der Waals surface area (Å²) in [6.07, 6.45) is 0. The van der Waals surface area contributed by atoms with Crippen LogP contribution in [0.15, 0.2) is 22.5 Å². The lowest BCUT2D eigenvalue weighted by atomic mass is 10.1. The number of methoxy groups -OCH3 is 2. The molecule has 0 fully saturated rings. The molecule has 0 N–H and O–H groups in total. The second-order valence-electron chi connectivity index (χ2n) is 6.10. The van der Waals surface area contributed by atoms with E-state index in [0.717, 1.165) is 0 Å². The van der Waals surface area contributed by atoms with Gasteiger partial charge in [0.25, 0.3) is 0 Å². The van der Waals surface area contributed by atoms with Gasteiger partial charge in [0.1, 0.15) is 19.5 Å². The summed E-state index contributed by atoms with van der Waals surface area (Å²) in [4.78, 5) is 11.8. The SMILES string of the molecule is COC(=O)c1cc(C#C[Si](C)(C)C)c(N=NN(C)C)c(OC)c1. The second kappa shape index (κ2) is 7.79. The van der Waals surface area contributed by atoms with E-state index in [1.807, 2.05) is 0 Å². The molecule has 124 valence electrons. The Kier molecular flexibility index (Phi) is 6.34. The van der Waals surface area contributed by atoms with Gasteiger partial charge >= 0.3 is 5.97 Å². The van der Waals surface area contributed by atoms with Gasteiger partial charge in [0.15, 0.2) is 0 Å². The predicted octanol–water partition coefficient (Wildman–Crippen LogP) is 3.27. The van der Waals surface area contributed by atoms with Gasteiger partial charge in [-0.15, -0.1) is 10.7 Å². The van der Waals surface area contributed by atoms with Gasteiger partial charge in [0.2, 0.25) is 0 Å². The van der Waals surface area contributed by atoms with Crippen molar-refractivity contribution >= 4 is 19.7 Å². The molecule has 0 heterocycles. The van der Waals surface area contributed by atoms with E-state index in [2.05, 4.69) is 41.4 Å². The van der Waals surface area contributed by atoms with Crippen molar-refractivity contribution in [1.29, 1.82) is 0 Å². The van der Waals surface area contributed by atoms with Crippen molar-refractivity contribution in [2.75, 3.05) is 28.3 Å². The van der Waals surface area contributed by atoms with Crippen molar-refractivity contribution in [2.45, 2.75) is 19.6 Å². The van der Waals surface area contributed by atoms with Crippen molar-refractivity contribution < 1.29 is 14.3 Å². The monoisotopic (exact) mass is 333 g/mol. The Morgan fingerprint density at radius 3 is 2.35 bits per heavy atom. The highest BCUT2D eigenvalue weighted by molar-refractivity contribution is 6.83. The van der Waals surface area contributed by atoms with Gasteiger partial charge in [0.05, 0.1) is 25.3 Å². The molecule has 0 saturated carbocycles. The molecule has 0 saturated heterocycles. The molecule has 1 rings (SSSR count). The van der Waals surface area contributed by atoms with Crippen LogP contribution in [0.2, 0.25) is 19.6 Å². The second-order valence-corrected chi connectivity index (χ2v) is 10.9. The van der Waals surface area contributed by atoms with Gasteiger partial charge in [-0.1, -0.05) is 30.8 Å². The van der Waals surface area contributed by atoms with Crippen molar-refractivity contribution in [2.24, 2.45) is 10.3 Å². The normalized spacial score (nSPS) is 10.9. The number of carbonyl (C=O) groups is 1. The Labute approximate surface area is 138 Å². The lowest BCUT2D eigenvalue weighted by molar-refractivity contribution is 0.0600. The summed E-state index contributed by atoms with van der Waals surface area (Å²) in [5, 5.41) is 9.77. The first kappa shape index (κ1) is 18.7. The number of hydrogen-bond acceptors (Lipinski definition) is 5. The molecule has 0 amide bonds. The van der Waals surface area contributed by atoms with E-state index in [1.54, 1.807) is 31.2 Å². The van der Waals surface area contributed by atoms with Gasteiger partial charge < -0.3 is 9.47 Å². The molecule has 0 bridgehead atoms. The van der Waals surface area contributed by atoms with E-state index in [4.69, 9.17) is 9.47 Å². The van der Waals surface area contributed by atoms with Gasteiger partial charge in [-0.25, -0.2) is 4.79 Å². The first-order chi connectivity index (χ1) is 10.7. The number of nitrogens with zero attached hydrogens (tertiary/aromatic N) is 3. The molecule has 6 nitrogen and oxygen atoms in total. The number of carbonyl (C=O) groups excluding carboxylic acids is 1. The summed E-state index contributed by atoms with van der Waals surface area (Å²) in [7, 11) is 4.80. The third-order valence-electron chi connectivity index (χ3n) is 2.61. The van der Waals surface area contributed by atoms with Crippen molar-refractivity contribution in [1.82, 2.24) is 5.01 Å². The van der Waals surface area contributed by atoms with Crippen molar-refractivity contribution in [3.05, 3.63) is 23.3 Å². The van der Waals surface area contributed by atoms with E-state index in [9.17, 15) is 4.79 Å². The van der Waals surface area contributed by atoms with Gasteiger partial charge in [0, 0.05) is 14.1 Å². The van der Waals surface area contributed by atoms with Crippen LogP contribution in [0.25, 0.3) is 0 Å². The van der Waals surface area contributed by atoms with E-state index in [0.29, 0.717) is 22.6 Å². The Morgan fingerprint density at radius 1 is 1.22 bits per heavy atom. The van der Waals surface area contributed by atoms with Crippen LogP contribution < -0.4 is 4.74 Å². The minimum absolute atomic E-state index is 0.369.